The molecule has 1 fully saturated rings. The summed E-state index contributed by atoms with van der Waals surface area (Å²) in [6.07, 6.45) is 1.59. The van der Waals surface area contributed by atoms with E-state index in [-0.39, 0.29) is 18.6 Å². The average Bonchev–Trinajstić information content (AvgIpc) is 3.26. The molecule has 1 unspecified atom stereocenters. The molecule has 2 aliphatic heterocycles. The lowest BCUT2D eigenvalue weighted by Crippen LogP contribution is -2.34. The molecule has 1 aromatic heterocycles. The van der Waals surface area contributed by atoms with Crippen molar-refractivity contribution in [3.8, 4) is 0 Å². The third-order valence-corrected chi connectivity index (χ3v) is 4.93. The van der Waals surface area contributed by atoms with Crippen LogP contribution in [0.15, 0.2) is 0 Å². The highest BCUT2D eigenvalue weighted by Gasteiger charge is 2.25. The van der Waals surface area contributed by atoms with Gasteiger partial charge >= 0.3 is 6.09 Å². The Bertz CT molecular complexity index is 613. The second-order valence-electron chi connectivity index (χ2n) is 5.71. The standard InChI is InChI=1S/C15H22N4O4S/c1-2-22-15(21)17-14-11-8-24-9-12(11)18-19(14)7-13(20)16-6-10-4-3-5-23-10/h10H,2-9H2,1H3,(H,16,20)(H,17,21). The first-order valence-electron chi connectivity index (χ1n) is 8.15. The minimum Gasteiger partial charge on any atom is -0.450 e. The molecule has 0 aliphatic carbocycles. The molecule has 24 heavy (non-hydrogen) atoms. The largest absolute Gasteiger partial charge is 0.450 e. The van der Waals surface area contributed by atoms with Gasteiger partial charge < -0.3 is 14.8 Å². The van der Waals surface area contributed by atoms with E-state index in [4.69, 9.17) is 9.47 Å². The molecule has 2 amide bonds. The van der Waals surface area contributed by atoms with Crippen LogP contribution in [0.25, 0.3) is 0 Å². The lowest BCUT2D eigenvalue weighted by Gasteiger charge is -2.13. The number of rotatable bonds is 6. The van der Waals surface area contributed by atoms with E-state index in [1.54, 1.807) is 23.4 Å². The Hall–Kier alpha value is -1.74. The van der Waals surface area contributed by atoms with Crippen molar-refractivity contribution in [2.75, 3.05) is 25.1 Å². The second-order valence-corrected chi connectivity index (χ2v) is 6.69. The van der Waals surface area contributed by atoms with Crippen LogP contribution in [0.1, 0.15) is 31.0 Å². The van der Waals surface area contributed by atoms with E-state index in [0.717, 1.165) is 42.2 Å². The number of carbonyl (C=O) groups excluding carboxylic acids is 2. The zero-order valence-corrected chi connectivity index (χ0v) is 14.5. The number of nitrogens with one attached hydrogen (secondary N) is 2. The third-order valence-electron chi connectivity index (χ3n) is 3.96. The molecule has 1 atom stereocenters. The molecule has 0 saturated carbocycles. The molecule has 1 saturated heterocycles. The van der Waals surface area contributed by atoms with Crippen LogP contribution in [-0.2, 0) is 32.3 Å². The minimum atomic E-state index is -0.530. The Morgan fingerprint density at radius 3 is 3.08 bits per heavy atom. The van der Waals surface area contributed by atoms with Gasteiger partial charge in [0.25, 0.3) is 0 Å². The summed E-state index contributed by atoms with van der Waals surface area (Å²) in [5.74, 6) is 1.97. The van der Waals surface area contributed by atoms with Crippen LogP contribution in [0.3, 0.4) is 0 Å². The SMILES string of the molecule is CCOC(=O)Nc1c2c(nn1CC(=O)NCC1CCCO1)CSC2. The predicted octanol–water partition coefficient (Wildman–Crippen LogP) is 1.49. The van der Waals surface area contributed by atoms with Gasteiger partial charge in [0, 0.05) is 30.2 Å². The van der Waals surface area contributed by atoms with Gasteiger partial charge in [-0.3, -0.25) is 10.1 Å². The number of hydrogen-bond acceptors (Lipinski definition) is 6. The quantitative estimate of drug-likeness (QED) is 0.804. The summed E-state index contributed by atoms with van der Waals surface area (Å²) in [4.78, 5) is 23.9. The summed E-state index contributed by atoms with van der Waals surface area (Å²) in [6, 6.07) is 0. The van der Waals surface area contributed by atoms with E-state index in [1.165, 1.54) is 0 Å². The Morgan fingerprint density at radius 2 is 2.33 bits per heavy atom. The number of hydrogen-bond donors (Lipinski definition) is 2. The average molecular weight is 354 g/mol. The number of amides is 2. The summed E-state index contributed by atoms with van der Waals surface area (Å²) < 4.78 is 12.0. The van der Waals surface area contributed by atoms with Crippen LogP contribution < -0.4 is 10.6 Å². The molecule has 0 aromatic carbocycles. The van der Waals surface area contributed by atoms with Gasteiger partial charge in [0.1, 0.15) is 12.4 Å². The van der Waals surface area contributed by atoms with E-state index in [0.29, 0.717) is 19.0 Å². The summed E-state index contributed by atoms with van der Waals surface area (Å²) in [6.45, 7) is 3.37. The maximum Gasteiger partial charge on any atom is 0.412 e. The van der Waals surface area contributed by atoms with Crippen LogP contribution in [0.2, 0.25) is 0 Å². The van der Waals surface area contributed by atoms with E-state index >= 15 is 0 Å². The van der Waals surface area contributed by atoms with Crippen molar-refractivity contribution in [3.63, 3.8) is 0 Å². The number of fused-ring (bicyclic) bond motifs is 1. The molecule has 0 spiro atoms. The van der Waals surface area contributed by atoms with Gasteiger partial charge in [0.05, 0.1) is 18.4 Å². The topological polar surface area (TPSA) is 94.5 Å². The van der Waals surface area contributed by atoms with Gasteiger partial charge in [-0.15, -0.1) is 0 Å². The molecule has 3 rings (SSSR count). The highest BCUT2D eigenvalue weighted by Crippen LogP contribution is 2.34. The van der Waals surface area contributed by atoms with Gasteiger partial charge in [0.15, 0.2) is 0 Å². The highest BCUT2D eigenvalue weighted by molar-refractivity contribution is 7.98. The van der Waals surface area contributed by atoms with Crippen molar-refractivity contribution >= 4 is 29.6 Å². The van der Waals surface area contributed by atoms with E-state index in [1.807, 2.05) is 0 Å². The fourth-order valence-corrected chi connectivity index (χ4v) is 3.84. The van der Waals surface area contributed by atoms with Crippen LogP contribution in [0.4, 0.5) is 10.6 Å². The number of nitrogens with zero attached hydrogens (tertiary/aromatic N) is 2. The number of ether oxygens (including phenoxy) is 2. The number of aromatic nitrogens is 2. The number of carbonyl (C=O) groups is 2. The first kappa shape index (κ1) is 17.1. The molecule has 2 aliphatic rings. The van der Waals surface area contributed by atoms with Gasteiger partial charge in [-0.25, -0.2) is 9.48 Å². The fraction of sp³-hybridized carbons (Fsp3) is 0.667. The van der Waals surface area contributed by atoms with E-state index in [9.17, 15) is 9.59 Å². The highest BCUT2D eigenvalue weighted by atomic mass is 32.2. The molecule has 9 heteroatoms. The van der Waals surface area contributed by atoms with Crippen molar-refractivity contribution < 1.29 is 19.1 Å². The zero-order valence-electron chi connectivity index (χ0n) is 13.7. The van der Waals surface area contributed by atoms with Crippen LogP contribution in [0.5, 0.6) is 0 Å². The molecule has 132 valence electrons. The normalized spacial score (nSPS) is 19.1. The van der Waals surface area contributed by atoms with Crippen LogP contribution >= 0.6 is 11.8 Å². The zero-order chi connectivity index (χ0) is 16.9. The smallest absolute Gasteiger partial charge is 0.412 e. The van der Waals surface area contributed by atoms with Crippen molar-refractivity contribution in [1.29, 1.82) is 0 Å². The monoisotopic (exact) mass is 354 g/mol. The Morgan fingerprint density at radius 1 is 1.46 bits per heavy atom. The van der Waals surface area contributed by atoms with Crippen molar-refractivity contribution in [1.82, 2.24) is 15.1 Å². The predicted molar refractivity (Wildman–Crippen MR) is 89.9 cm³/mol. The molecule has 8 nitrogen and oxygen atoms in total. The Balaban J connectivity index is 1.63. The number of anilines is 1. The van der Waals surface area contributed by atoms with E-state index in [2.05, 4.69) is 15.7 Å². The van der Waals surface area contributed by atoms with Crippen molar-refractivity contribution in [3.05, 3.63) is 11.3 Å². The summed E-state index contributed by atoms with van der Waals surface area (Å²) in [7, 11) is 0. The van der Waals surface area contributed by atoms with Gasteiger partial charge in [-0.05, 0) is 19.8 Å². The lowest BCUT2D eigenvalue weighted by atomic mass is 10.2. The molecule has 3 heterocycles. The maximum absolute atomic E-state index is 12.2. The Kier molecular flexibility index (Phi) is 5.62. The van der Waals surface area contributed by atoms with Gasteiger partial charge in [0.2, 0.25) is 5.91 Å². The lowest BCUT2D eigenvalue weighted by molar-refractivity contribution is -0.122. The summed E-state index contributed by atoms with van der Waals surface area (Å²) in [5, 5.41) is 10.0. The Labute approximate surface area is 144 Å². The summed E-state index contributed by atoms with van der Waals surface area (Å²) >= 11 is 1.73. The van der Waals surface area contributed by atoms with Gasteiger partial charge in [-0.2, -0.15) is 16.9 Å². The van der Waals surface area contributed by atoms with E-state index < -0.39 is 6.09 Å². The maximum atomic E-state index is 12.2. The van der Waals surface area contributed by atoms with Crippen molar-refractivity contribution in [2.45, 2.75) is 43.9 Å². The van der Waals surface area contributed by atoms with Crippen LogP contribution in [-0.4, -0.2) is 47.6 Å². The minimum absolute atomic E-state index is 0.0616. The summed E-state index contributed by atoms with van der Waals surface area (Å²) in [5.41, 5.74) is 1.89. The molecule has 2 N–H and O–H groups in total. The first-order chi connectivity index (χ1) is 11.7. The fourth-order valence-electron chi connectivity index (χ4n) is 2.81. The number of thioether (sulfide) groups is 1. The van der Waals surface area contributed by atoms with Gasteiger partial charge in [-0.1, -0.05) is 0 Å². The molecular weight excluding hydrogens is 332 g/mol. The first-order valence-corrected chi connectivity index (χ1v) is 9.31. The molecule has 1 aromatic rings. The second kappa shape index (κ2) is 7.89. The van der Waals surface area contributed by atoms with Crippen LogP contribution in [0, 0.1) is 0 Å². The third kappa shape index (κ3) is 4.02. The molecule has 0 radical (unpaired) electrons. The van der Waals surface area contributed by atoms with Crippen molar-refractivity contribution in [2.24, 2.45) is 0 Å². The molecule has 0 bridgehead atoms. The molecular formula is C15H22N4O4S.